The number of likely N-dealkylation sites (tertiary alicyclic amines) is 1. The maximum atomic E-state index is 5.91. The van der Waals surface area contributed by atoms with Crippen molar-refractivity contribution < 1.29 is 0 Å². The van der Waals surface area contributed by atoms with Crippen LogP contribution in [0.15, 0.2) is 29.3 Å². The average molecular weight is 416 g/mol. The molecule has 1 heterocycles. The number of nitrogens with zero attached hydrogens (tertiary/aromatic N) is 2. The van der Waals surface area contributed by atoms with Gasteiger partial charge in [-0.15, -0.1) is 24.0 Å². The molecule has 1 aliphatic heterocycles. The van der Waals surface area contributed by atoms with Crippen LogP contribution in [0.1, 0.15) is 31.7 Å². The lowest BCUT2D eigenvalue weighted by molar-refractivity contribution is 0.183. The van der Waals surface area contributed by atoms with Gasteiger partial charge in [-0.1, -0.05) is 24.6 Å². The number of hydrogen-bond acceptors (Lipinski definition) is 2. The van der Waals surface area contributed by atoms with Crippen LogP contribution in [-0.4, -0.2) is 37.0 Å². The summed E-state index contributed by atoms with van der Waals surface area (Å²) < 4.78 is 0. The first-order chi connectivity index (χ1) is 10.1. The molecule has 124 valence electrons. The van der Waals surface area contributed by atoms with Gasteiger partial charge in [0.1, 0.15) is 0 Å². The van der Waals surface area contributed by atoms with Crippen LogP contribution in [0, 0.1) is 12.8 Å². The van der Waals surface area contributed by atoms with Gasteiger partial charge < -0.3 is 16.0 Å². The van der Waals surface area contributed by atoms with E-state index in [0.717, 1.165) is 31.1 Å². The summed E-state index contributed by atoms with van der Waals surface area (Å²) in [4.78, 5) is 6.95. The molecule has 1 saturated heterocycles. The number of aliphatic imine (C=N–C) groups is 1. The van der Waals surface area contributed by atoms with Gasteiger partial charge in [-0.05, 0) is 57.3 Å². The number of hydrogen-bond donors (Lipinski definition) is 2. The van der Waals surface area contributed by atoms with Crippen molar-refractivity contribution in [3.05, 3.63) is 29.8 Å². The molecule has 0 spiro atoms. The van der Waals surface area contributed by atoms with Crippen molar-refractivity contribution in [1.29, 1.82) is 0 Å². The zero-order valence-corrected chi connectivity index (χ0v) is 16.0. The Morgan fingerprint density at radius 2 is 2.09 bits per heavy atom. The Bertz CT molecular complexity index is 458. The van der Waals surface area contributed by atoms with Crippen LogP contribution < -0.4 is 11.1 Å². The largest absolute Gasteiger partial charge is 0.370 e. The second-order valence-electron chi connectivity index (χ2n) is 6.16. The van der Waals surface area contributed by atoms with Crippen LogP contribution in [0.2, 0.25) is 0 Å². The summed E-state index contributed by atoms with van der Waals surface area (Å²) in [6, 6.07) is 8.17. The van der Waals surface area contributed by atoms with E-state index in [1.54, 1.807) is 0 Å². The van der Waals surface area contributed by atoms with Gasteiger partial charge in [0.2, 0.25) is 0 Å². The Morgan fingerprint density at radius 1 is 1.36 bits per heavy atom. The summed E-state index contributed by atoms with van der Waals surface area (Å²) >= 11 is 0. The van der Waals surface area contributed by atoms with Crippen LogP contribution >= 0.6 is 24.0 Å². The summed E-state index contributed by atoms with van der Waals surface area (Å²) in [6.45, 7) is 8.81. The van der Waals surface area contributed by atoms with Crippen LogP contribution in [0.3, 0.4) is 0 Å². The van der Waals surface area contributed by atoms with Crippen molar-refractivity contribution in [3.8, 4) is 0 Å². The summed E-state index contributed by atoms with van der Waals surface area (Å²) in [7, 11) is 0. The van der Waals surface area contributed by atoms with Gasteiger partial charge in [0.05, 0.1) is 0 Å². The molecule has 1 aromatic rings. The number of piperidine rings is 1. The fourth-order valence-corrected chi connectivity index (χ4v) is 2.81. The molecule has 1 aromatic carbocycles. The van der Waals surface area contributed by atoms with Gasteiger partial charge in [-0.2, -0.15) is 0 Å². The highest BCUT2D eigenvalue weighted by Crippen LogP contribution is 2.15. The second kappa shape index (κ2) is 10.0. The van der Waals surface area contributed by atoms with Crippen molar-refractivity contribution >= 4 is 35.6 Å². The highest BCUT2D eigenvalue weighted by atomic mass is 127. The molecule has 3 N–H and O–H groups in total. The molecule has 1 fully saturated rings. The Kier molecular flexibility index (Phi) is 8.78. The number of nitrogens with two attached hydrogens (primary N) is 1. The third kappa shape index (κ3) is 6.96. The van der Waals surface area contributed by atoms with Crippen LogP contribution in [0.4, 0.5) is 5.69 Å². The van der Waals surface area contributed by atoms with Gasteiger partial charge >= 0.3 is 0 Å². The van der Waals surface area contributed by atoms with Crippen LogP contribution in [0.25, 0.3) is 0 Å². The Balaban J connectivity index is 0.00000242. The number of anilines is 1. The molecule has 0 aromatic heterocycles. The third-order valence-electron chi connectivity index (χ3n) is 3.98. The SMILES string of the molecule is Cc1ccc(NC(N)=NCCCN2CCCC(C)C2)cc1.I. The number of nitrogens with one attached hydrogen (secondary N) is 1. The summed E-state index contributed by atoms with van der Waals surface area (Å²) in [5.74, 6) is 1.35. The van der Waals surface area contributed by atoms with Gasteiger partial charge in [-0.25, -0.2) is 0 Å². The molecule has 2 rings (SSSR count). The lowest BCUT2D eigenvalue weighted by atomic mass is 10.0. The quantitative estimate of drug-likeness (QED) is 0.335. The van der Waals surface area contributed by atoms with E-state index in [-0.39, 0.29) is 24.0 Å². The molecular formula is C17H29IN4. The molecule has 0 saturated carbocycles. The van der Waals surface area contributed by atoms with Gasteiger partial charge in [0.25, 0.3) is 0 Å². The average Bonchev–Trinajstić information content (AvgIpc) is 2.46. The van der Waals surface area contributed by atoms with E-state index in [2.05, 4.69) is 41.2 Å². The molecular weight excluding hydrogens is 387 g/mol. The fraction of sp³-hybridized carbons (Fsp3) is 0.588. The van der Waals surface area contributed by atoms with E-state index >= 15 is 0 Å². The molecule has 1 aliphatic rings. The lowest BCUT2D eigenvalue weighted by Crippen LogP contribution is -2.35. The minimum Gasteiger partial charge on any atom is -0.370 e. The van der Waals surface area contributed by atoms with Crippen molar-refractivity contribution in [2.45, 2.75) is 33.1 Å². The smallest absolute Gasteiger partial charge is 0.193 e. The topological polar surface area (TPSA) is 53.6 Å². The summed E-state index contributed by atoms with van der Waals surface area (Å²) in [5.41, 5.74) is 8.15. The zero-order chi connectivity index (χ0) is 15.1. The second-order valence-corrected chi connectivity index (χ2v) is 6.16. The first-order valence-corrected chi connectivity index (χ1v) is 7.99. The normalized spacial score (nSPS) is 19.5. The predicted octanol–water partition coefficient (Wildman–Crippen LogP) is 3.46. The Morgan fingerprint density at radius 3 is 2.77 bits per heavy atom. The third-order valence-corrected chi connectivity index (χ3v) is 3.98. The summed E-state index contributed by atoms with van der Waals surface area (Å²) in [5, 5.41) is 3.13. The maximum Gasteiger partial charge on any atom is 0.193 e. The van der Waals surface area contributed by atoms with Crippen molar-refractivity contribution in [2.24, 2.45) is 16.6 Å². The van der Waals surface area contributed by atoms with Gasteiger partial charge in [0, 0.05) is 18.8 Å². The van der Waals surface area contributed by atoms with E-state index in [4.69, 9.17) is 5.73 Å². The number of rotatable bonds is 5. The molecule has 1 atom stereocenters. The van der Waals surface area contributed by atoms with Crippen molar-refractivity contribution in [3.63, 3.8) is 0 Å². The standard InChI is InChI=1S/C17H28N4.HI/c1-14-6-8-16(9-7-14)20-17(18)19-10-4-12-21-11-3-5-15(2)13-21;/h6-9,15H,3-5,10-13H2,1-2H3,(H3,18,19,20);1H. The molecule has 0 amide bonds. The van der Waals surface area contributed by atoms with Crippen molar-refractivity contribution in [1.82, 2.24) is 4.90 Å². The number of benzene rings is 1. The minimum atomic E-state index is 0. The lowest BCUT2D eigenvalue weighted by Gasteiger charge is -2.30. The maximum absolute atomic E-state index is 5.91. The van der Waals surface area contributed by atoms with E-state index in [1.807, 2.05) is 12.1 Å². The highest BCUT2D eigenvalue weighted by Gasteiger charge is 2.15. The van der Waals surface area contributed by atoms with E-state index in [0.29, 0.717) is 5.96 Å². The predicted molar refractivity (Wildman–Crippen MR) is 106 cm³/mol. The van der Waals surface area contributed by atoms with E-state index in [9.17, 15) is 0 Å². The van der Waals surface area contributed by atoms with Gasteiger partial charge in [0.15, 0.2) is 5.96 Å². The minimum absolute atomic E-state index is 0. The molecule has 0 bridgehead atoms. The monoisotopic (exact) mass is 416 g/mol. The molecule has 0 radical (unpaired) electrons. The molecule has 22 heavy (non-hydrogen) atoms. The van der Waals surface area contributed by atoms with E-state index < -0.39 is 0 Å². The van der Waals surface area contributed by atoms with Crippen molar-refractivity contribution in [2.75, 3.05) is 31.5 Å². The zero-order valence-electron chi connectivity index (χ0n) is 13.7. The number of aryl methyl sites for hydroxylation is 1. The number of guanidine groups is 1. The van der Waals surface area contributed by atoms with E-state index in [1.165, 1.54) is 31.5 Å². The highest BCUT2D eigenvalue weighted by molar-refractivity contribution is 14.0. The van der Waals surface area contributed by atoms with Gasteiger partial charge in [-0.3, -0.25) is 4.99 Å². The molecule has 5 heteroatoms. The Hall–Kier alpha value is -0.820. The summed E-state index contributed by atoms with van der Waals surface area (Å²) in [6.07, 6.45) is 3.78. The van der Waals surface area contributed by atoms with Crippen LogP contribution in [0.5, 0.6) is 0 Å². The number of halogens is 1. The first-order valence-electron chi connectivity index (χ1n) is 7.99. The fourth-order valence-electron chi connectivity index (χ4n) is 2.81. The Labute approximate surface area is 151 Å². The first kappa shape index (κ1) is 19.2. The molecule has 4 nitrogen and oxygen atoms in total. The van der Waals surface area contributed by atoms with Crippen LogP contribution in [-0.2, 0) is 0 Å². The molecule has 0 aliphatic carbocycles. The molecule has 1 unspecified atom stereocenters.